The summed E-state index contributed by atoms with van der Waals surface area (Å²) in [5.74, 6) is 0.956. The Bertz CT molecular complexity index is 367. The van der Waals surface area contributed by atoms with Crippen LogP contribution in [0.3, 0.4) is 0 Å². The Labute approximate surface area is 106 Å². The van der Waals surface area contributed by atoms with Gasteiger partial charge in [0.1, 0.15) is 0 Å². The molecule has 0 aliphatic rings. The lowest BCUT2D eigenvalue weighted by molar-refractivity contribution is -0.132. The fraction of sp³-hybridized carbons (Fsp3) is 0.727. The average molecular weight is 257 g/mol. The number of hydrogen-bond acceptors (Lipinski definition) is 6. The number of aliphatic hydroxyl groups excluding tert-OH is 1. The highest BCUT2D eigenvalue weighted by molar-refractivity contribution is 5.76. The second-order valence-corrected chi connectivity index (χ2v) is 3.83. The first-order valence-corrected chi connectivity index (χ1v) is 5.84. The van der Waals surface area contributed by atoms with Crippen molar-refractivity contribution in [1.82, 2.24) is 15.0 Å². The molecule has 102 valence electrons. The average Bonchev–Trinajstić information content (AvgIpc) is 2.77. The van der Waals surface area contributed by atoms with Gasteiger partial charge < -0.3 is 19.3 Å². The lowest BCUT2D eigenvalue weighted by atomic mass is 10.2. The van der Waals surface area contributed by atoms with Crippen molar-refractivity contribution in [3.05, 3.63) is 11.7 Å². The Morgan fingerprint density at radius 3 is 2.83 bits per heavy atom. The maximum Gasteiger partial charge on any atom is 0.227 e. The number of amides is 1. The summed E-state index contributed by atoms with van der Waals surface area (Å²) in [6.07, 6.45) is 0.694. The number of hydrogen-bond donors (Lipinski definition) is 1. The number of rotatable bonds is 8. The zero-order valence-corrected chi connectivity index (χ0v) is 10.8. The van der Waals surface area contributed by atoms with Crippen LogP contribution in [0, 0.1) is 6.92 Å². The summed E-state index contributed by atoms with van der Waals surface area (Å²) in [4.78, 5) is 17.5. The lowest BCUT2D eigenvalue weighted by Crippen LogP contribution is -2.36. The third kappa shape index (κ3) is 4.80. The van der Waals surface area contributed by atoms with Crippen LogP contribution in [0.4, 0.5) is 0 Å². The summed E-state index contributed by atoms with van der Waals surface area (Å²) in [7, 11) is 1.57. The van der Waals surface area contributed by atoms with Crippen LogP contribution in [-0.4, -0.2) is 59.5 Å². The standard InChI is InChI=1S/C11H19N3O4/c1-9-12-10(18-13-9)3-4-11(16)14(5-7-15)6-8-17-2/h15H,3-8H2,1-2H3. The van der Waals surface area contributed by atoms with Crippen molar-refractivity contribution in [3.63, 3.8) is 0 Å². The van der Waals surface area contributed by atoms with Crippen LogP contribution in [-0.2, 0) is 16.0 Å². The molecule has 0 radical (unpaired) electrons. The van der Waals surface area contributed by atoms with Crippen molar-refractivity contribution in [3.8, 4) is 0 Å². The smallest absolute Gasteiger partial charge is 0.227 e. The van der Waals surface area contributed by atoms with E-state index in [4.69, 9.17) is 14.4 Å². The molecule has 1 aromatic heterocycles. The van der Waals surface area contributed by atoms with Crippen molar-refractivity contribution >= 4 is 5.91 Å². The van der Waals surface area contributed by atoms with Gasteiger partial charge in [-0.3, -0.25) is 4.79 Å². The monoisotopic (exact) mass is 257 g/mol. The summed E-state index contributed by atoms with van der Waals surface area (Å²) in [5, 5.41) is 12.6. The van der Waals surface area contributed by atoms with Gasteiger partial charge in [0.05, 0.1) is 13.2 Å². The minimum absolute atomic E-state index is 0.0584. The molecule has 1 amide bonds. The molecule has 7 heteroatoms. The molecule has 18 heavy (non-hydrogen) atoms. The Kier molecular flexibility index (Phi) is 6.31. The molecule has 0 unspecified atom stereocenters. The van der Waals surface area contributed by atoms with E-state index in [1.54, 1.807) is 18.9 Å². The maximum absolute atomic E-state index is 11.9. The summed E-state index contributed by atoms with van der Waals surface area (Å²) in [6, 6.07) is 0. The van der Waals surface area contributed by atoms with Crippen molar-refractivity contribution in [2.24, 2.45) is 0 Å². The highest BCUT2D eigenvalue weighted by Crippen LogP contribution is 2.03. The molecule has 1 rings (SSSR count). The van der Waals surface area contributed by atoms with Crippen molar-refractivity contribution in [2.75, 3.05) is 33.4 Å². The van der Waals surface area contributed by atoms with Crippen molar-refractivity contribution in [2.45, 2.75) is 19.8 Å². The van der Waals surface area contributed by atoms with Crippen LogP contribution in [0.1, 0.15) is 18.1 Å². The Morgan fingerprint density at radius 2 is 2.28 bits per heavy atom. The molecule has 0 bridgehead atoms. The quantitative estimate of drug-likeness (QED) is 0.692. The van der Waals surface area contributed by atoms with Crippen molar-refractivity contribution < 1.29 is 19.2 Å². The molecule has 1 aromatic rings. The Hall–Kier alpha value is -1.47. The van der Waals surface area contributed by atoms with E-state index in [1.165, 1.54) is 0 Å². The number of aromatic nitrogens is 2. The zero-order valence-electron chi connectivity index (χ0n) is 10.8. The largest absolute Gasteiger partial charge is 0.395 e. The summed E-state index contributed by atoms with van der Waals surface area (Å²) in [5.41, 5.74) is 0. The SMILES string of the molecule is COCCN(CCO)C(=O)CCc1nc(C)no1. The van der Waals surface area contributed by atoms with Crippen LogP contribution in [0.25, 0.3) is 0 Å². The number of carbonyl (C=O) groups is 1. The zero-order chi connectivity index (χ0) is 13.4. The normalized spacial score (nSPS) is 10.6. The minimum atomic E-state index is -0.0604. The van der Waals surface area contributed by atoms with Gasteiger partial charge >= 0.3 is 0 Å². The molecule has 7 nitrogen and oxygen atoms in total. The first-order chi connectivity index (χ1) is 8.67. The predicted octanol–water partition coefficient (Wildman–Crippen LogP) is -0.222. The Balaban J connectivity index is 2.40. The van der Waals surface area contributed by atoms with Crippen LogP contribution < -0.4 is 0 Å². The molecule has 0 spiro atoms. The van der Waals surface area contributed by atoms with E-state index in [1.807, 2.05) is 0 Å². The van der Waals surface area contributed by atoms with E-state index in [2.05, 4.69) is 10.1 Å². The number of methoxy groups -OCH3 is 1. The molecule has 1 N–H and O–H groups in total. The second-order valence-electron chi connectivity index (χ2n) is 3.83. The molecule has 0 fully saturated rings. The van der Waals surface area contributed by atoms with E-state index in [0.717, 1.165) is 0 Å². The summed E-state index contributed by atoms with van der Waals surface area (Å²) >= 11 is 0. The number of nitrogens with zero attached hydrogens (tertiary/aromatic N) is 3. The molecular weight excluding hydrogens is 238 g/mol. The number of carbonyl (C=O) groups excluding carboxylic acids is 1. The maximum atomic E-state index is 11.9. The predicted molar refractivity (Wildman–Crippen MR) is 62.9 cm³/mol. The molecule has 0 saturated heterocycles. The van der Waals surface area contributed by atoms with Gasteiger partial charge in [0.2, 0.25) is 11.8 Å². The van der Waals surface area contributed by atoms with E-state index in [-0.39, 0.29) is 18.9 Å². The minimum Gasteiger partial charge on any atom is -0.395 e. The van der Waals surface area contributed by atoms with Gasteiger partial charge in [-0.2, -0.15) is 4.98 Å². The van der Waals surface area contributed by atoms with Crippen LogP contribution in [0.5, 0.6) is 0 Å². The summed E-state index contributed by atoms with van der Waals surface area (Å²) in [6.45, 7) is 2.90. The highest BCUT2D eigenvalue weighted by atomic mass is 16.5. The molecular formula is C11H19N3O4. The Morgan fingerprint density at radius 1 is 1.50 bits per heavy atom. The summed E-state index contributed by atoms with van der Waals surface area (Å²) < 4.78 is 9.85. The molecule has 0 aromatic carbocycles. The van der Waals surface area contributed by atoms with E-state index in [9.17, 15) is 4.79 Å². The van der Waals surface area contributed by atoms with Crippen LogP contribution >= 0.6 is 0 Å². The van der Waals surface area contributed by atoms with Crippen molar-refractivity contribution in [1.29, 1.82) is 0 Å². The third-order valence-corrected chi connectivity index (χ3v) is 2.41. The highest BCUT2D eigenvalue weighted by Gasteiger charge is 2.14. The van der Waals surface area contributed by atoms with Gasteiger partial charge in [-0.05, 0) is 6.92 Å². The van der Waals surface area contributed by atoms with Crippen LogP contribution in [0.15, 0.2) is 4.52 Å². The fourth-order valence-electron chi connectivity index (χ4n) is 1.50. The van der Waals surface area contributed by atoms with Gasteiger partial charge in [-0.25, -0.2) is 0 Å². The molecule has 0 atom stereocenters. The van der Waals surface area contributed by atoms with E-state index in [0.29, 0.717) is 37.8 Å². The van der Waals surface area contributed by atoms with Gasteiger partial charge in [0, 0.05) is 33.0 Å². The molecule has 0 saturated carbocycles. The number of ether oxygens (including phenoxy) is 1. The first-order valence-electron chi connectivity index (χ1n) is 5.84. The van der Waals surface area contributed by atoms with Gasteiger partial charge in [0.25, 0.3) is 0 Å². The first kappa shape index (κ1) is 14.6. The third-order valence-electron chi connectivity index (χ3n) is 2.41. The number of aryl methyl sites for hydroxylation is 2. The van der Waals surface area contributed by atoms with E-state index >= 15 is 0 Å². The van der Waals surface area contributed by atoms with Crippen LogP contribution in [0.2, 0.25) is 0 Å². The second kappa shape index (κ2) is 7.78. The van der Waals surface area contributed by atoms with Gasteiger partial charge in [-0.1, -0.05) is 5.16 Å². The fourth-order valence-corrected chi connectivity index (χ4v) is 1.50. The number of aliphatic hydroxyl groups is 1. The molecule has 1 heterocycles. The molecule has 0 aliphatic carbocycles. The van der Waals surface area contributed by atoms with E-state index < -0.39 is 0 Å². The topological polar surface area (TPSA) is 88.7 Å². The van der Waals surface area contributed by atoms with Gasteiger partial charge in [-0.15, -0.1) is 0 Å². The molecule has 0 aliphatic heterocycles. The lowest BCUT2D eigenvalue weighted by Gasteiger charge is -2.20. The van der Waals surface area contributed by atoms with Gasteiger partial charge in [0.15, 0.2) is 5.82 Å².